The molecule has 7 heteroatoms. The fourth-order valence-electron chi connectivity index (χ4n) is 2.05. The smallest absolute Gasteiger partial charge is 0.198 e. The van der Waals surface area contributed by atoms with E-state index in [0.717, 1.165) is 15.3 Å². The van der Waals surface area contributed by atoms with Gasteiger partial charge in [-0.3, -0.25) is 0 Å². The summed E-state index contributed by atoms with van der Waals surface area (Å²) >= 11 is 3.04. The molecule has 0 aliphatic heterocycles. The number of nitrogens with zero attached hydrogens (tertiary/aromatic N) is 5. The molecule has 2 aromatic rings. The third-order valence-electron chi connectivity index (χ3n) is 3.23. The predicted molar refractivity (Wildman–Crippen MR) is 69.0 cm³/mol. The van der Waals surface area contributed by atoms with Crippen molar-refractivity contribution in [3.8, 4) is 0 Å². The van der Waals surface area contributed by atoms with Crippen molar-refractivity contribution in [2.45, 2.75) is 54.1 Å². The minimum Gasteiger partial charge on any atom is -0.302 e. The molecule has 2 aliphatic rings. The lowest BCUT2D eigenvalue weighted by Gasteiger charge is -2.06. The number of aromatic nitrogens is 5. The molecule has 4 rings (SSSR count). The van der Waals surface area contributed by atoms with Gasteiger partial charge in [-0.05, 0) is 55.9 Å². The molecular formula is C11H13N5S2. The fourth-order valence-corrected chi connectivity index (χ4v) is 3.72. The molecule has 18 heavy (non-hydrogen) atoms. The van der Waals surface area contributed by atoms with Crippen LogP contribution in [0.15, 0.2) is 9.50 Å². The van der Waals surface area contributed by atoms with Crippen LogP contribution in [0.5, 0.6) is 0 Å². The molecule has 2 heterocycles. The van der Waals surface area contributed by atoms with Crippen LogP contribution in [0.4, 0.5) is 0 Å². The summed E-state index contributed by atoms with van der Waals surface area (Å²) in [6.45, 7) is 1.92. The molecule has 0 bridgehead atoms. The molecule has 2 aliphatic carbocycles. The zero-order valence-electron chi connectivity index (χ0n) is 10.0. The molecule has 94 valence electrons. The monoisotopic (exact) mass is 279 g/mol. The molecule has 0 saturated heterocycles. The van der Waals surface area contributed by atoms with Crippen molar-refractivity contribution in [2.75, 3.05) is 0 Å². The maximum atomic E-state index is 4.39. The van der Waals surface area contributed by atoms with Gasteiger partial charge >= 0.3 is 0 Å². The molecule has 2 saturated carbocycles. The van der Waals surface area contributed by atoms with Crippen LogP contribution in [-0.4, -0.2) is 24.1 Å². The van der Waals surface area contributed by atoms with Gasteiger partial charge in [-0.1, -0.05) is 0 Å². The van der Waals surface area contributed by atoms with E-state index in [9.17, 15) is 0 Å². The van der Waals surface area contributed by atoms with Crippen LogP contribution < -0.4 is 0 Å². The summed E-state index contributed by atoms with van der Waals surface area (Å²) in [5.41, 5.74) is 0. The van der Waals surface area contributed by atoms with E-state index in [0.29, 0.717) is 12.0 Å². The SMILES string of the molecule is Cc1nsc(Sc2nnc(C3CC3)n2C2CC2)n1. The van der Waals surface area contributed by atoms with Crippen LogP contribution in [0, 0.1) is 6.92 Å². The highest BCUT2D eigenvalue weighted by Gasteiger charge is 2.36. The average Bonchev–Trinajstić information content (AvgIpc) is 3.27. The first-order valence-corrected chi connectivity index (χ1v) is 7.83. The number of rotatable bonds is 4. The van der Waals surface area contributed by atoms with Gasteiger partial charge in [-0.25, -0.2) is 4.98 Å². The van der Waals surface area contributed by atoms with E-state index in [4.69, 9.17) is 0 Å². The highest BCUT2D eigenvalue weighted by molar-refractivity contribution is 8.00. The quantitative estimate of drug-likeness (QED) is 0.861. The van der Waals surface area contributed by atoms with Gasteiger partial charge in [0, 0.05) is 12.0 Å². The van der Waals surface area contributed by atoms with Crippen molar-refractivity contribution >= 4 is 23.3 Å². The first kappa shape index (κ1) is 10.9. The van der Waals surface area contributed by atoms with Gasteiger partial charge in [0.15, 0.2) is 9.50 Å². The molecular weight excluding hydrogens is 266 g/mol. The van der Waals surface area contributed by atoms with Crippen LogP contribution in [0.25, 0.3) is 0 Å². The molecule has 0 aromatic carbocycles. The summed E-state index contributed by atoms with van der Waals surface area (Å²) in [6.07, 6.45) is 5.07. The molecule has 0 radical (unpaired) electrons. The second kappa shape index (κ2) is 4.03. The average molecular weight is 279 g/mol. The van der Waals surface area contributed by atoms with E-state index < -0.39 is 0 Å². The lowest BCUT2D eigenvalue weighted by atomic mass is 10.4. The Hall–Kier alpha value is -0.950. The zero-order valence-corrected chi connectivity index (χ0v) is 11.7. The standard InChI is InChI=1S/C11H13N5S2/c1-6-12-11(18-15-6)17-10-14-13-9(7-2-3-7)16(10)8-4-5-8/h7-8H,2-5H2,1H3. The van der Waals surface area contributed by atoms with Gasteiger partial charge in [-0.2, -0.15) is 4.37 Å². The highest BCUT2D eigenvalue weighted by Crippen LogP contribution is 2.46. The Morgan fingerprint density at radius 1 is 1.22 bits per heavy atom. The van der Waals surface area contributed by atoms with E-state index in [-0.39, 0.29) is 0 Å². The number of aryl methyl sites for hydroxylation is 1. The van der Waals surface area contributed by atoms with Crippen molar-refractivity contribution in [3.05, 3.63) is 11.6 Å². The van der Waals surface area contributed by atoms with Crippen molar-refractivity contribution in [3.63, 3.8) is 0 Å². The summed E-state index contributed by atoms with van der Waals surface area (Å²) < 4.78 is 7.52. The summed E-state index contributed by atoms with van der Waals surface area (Å²) in [4.78, 5) is 4.39. The van der Waals surface area contributed by atoms with Crippen molar-refractivity contribution in [1.29, 1.82) is 0 Å². The Labute approximate surface area is 113 Å². The second-order valence-corrected chi connectivity index (χ2v) is 6.89. The minimum absolute atomic E-state index is 0.632. The van der Waals surface area contributed by atoms with Gasteiger partial charge in [0.1, 0.15) is 11.6 Å². The van der Waals surface area contributed by atoms with E-state index >= 15 is 0 Å². The third-order valence-corrected chi connectivity index (χ3v) is 5.04. The van der Waals surface area contributed by atoms with Crippen molar-refractivity contribution < 1.29 is 0 Å². The predicted octanol–water partition coefficient (Wildman–Crippen LogP) is 2.80. The first-order valence-electron chi connectivity index (χ1n) is 6.24. The normalized spacial score (nSPS) is 19.4. The maximum Gasteiger partial charge on any atom is 0.198 e. The molecule has 0 unspecified atom stereocenters. The Bertz CT molecular complexity index is 582. The Morgan fingerprint density at radius 2 is 2.06 bits per heavy atom. The molecule has 0 amide bonds. The third kappa shape index (κ3) is 1.95. The summed E-state index contributed by atoms with van der Waals surface area (Å²) in [5.74, 6) is 2.69. The lowest BCUT2D eigenvalue weighted by Crippen LogP contribution is -2.01. The van der Waals surface area contributed by atoms with Gasteiger partial charge in [0.25, 0.3) is 0 Å². The highest BCUT2D eigenvalue weighted by atomic mass is 32.2. The van der Waals surface area contributed by atoms with Crippen LogP contribution in [-0.2, 0) is 0 Å². The number of hydrogen-bond donors (Lipinski definition) is 0. The molecule has 0 N–H and O–H groups in total. The molecule has 5 nitrogen and oxygen atoms in total. The zero-order chi connectivity index (χ0) is 12.1. The van der Waals surface area contributed by atoms with Crippen LogP contribution in [0.2, 0.25) is 0 Å². The topological polar surface area (TPSA) is 56.5 Å². The largest absolute Gasteiger partial charge is 0.302 e. The minimum atomic E-state index is 0.632. The number of hydrogen-bond acceptors (Lipinski definition) is 6. The van der Waals surface area contributed by atoms with E-state index in [1.165, 1.54) is 43.0 Å². The Kier molecular flexibility index (Phi) is 2.44. The van der Waals surface area contributed by atoms with Crippen molar-refractivity contribution in [1.82, 2.24) is 24.1 Å². The van der Waals surface area contributed by atoms with Gasteiger partial charge in [0.05, 0.1) is 0 Å². The molecule has 0 atom stereocenters. The summed E-state index contributed by atoms with van der Waals surface area (Å²) in [7, 11) is 0. The second-order valence-electron chi connectivity index (χ2n) is 4.93. The lowest BCUT2D eigenvalue weighted by molar-refractivity contribution is 0.627. The van der Waals surface area contributed by atoms with Crippen LogP contribution in [0.3, 0.4) is 0 Å². The summed E-state index contributed by atoms with van der Waals surface area (Å²) in [5, 5.41) is 9.74. The van der Waals surface area contributed by atoms with Crippen LogP contribution in [0.1, 0.15) is 49.3 Å². The Balaban J connectivity index is 1.67. The maximum absolute atomic E-state index is 4.39. The van der Waals surface area contributed by atoms with Gasteiger partial charge < -0.3 is 4.57 Å². The fraction of sp³-hybridized carbons (Fsp3) is 0.636. The van der Waals surface area contributed by atoms with Crippen molar-refractivity contribution in [2.24, 2.45) is 0 Å². The van der Waals surface area contributed by atoms with E-state index in [1.54, 1.807) is 11.8 Å². The van der Waals surface area contributed by atoms with Gasteiger partial charge in [0.2, 0.25) is 0 Å². The Morgan fingerprint density at radius 3 is 2.67 bits per heavy atom. The summed E-state index contributed by atoms with van der Waals surface area (Å²) in [6, 6.07) is 0.632. The molecule has 0 spiro atoms. The van der Waals surface area contributed by atoms with E-state index in [1.807, 2.05) is 6.92 Å². The van der Waals surface area contributed by atoms with Crippen LogP contribution >= 0.6 is 23.3 Å². The molecule has 2 aromatic heterocycles. The first-order chi connectivity index (χ1) is 8.81. The van der Waals surface area contributed by atoms with Gasteiger partial charge in [-0.15, -0.1) is 10.2 Å². The molecule has 2 fully saturated rings. The van der Waals surface area contributed by atoms with E-state index in [2.05, 4.69) is 24.1 Å².